The van der Waals surface area contributed by atoms with Gasteiger partial charge in [0.2, 0.25) is 10.0 Å². The molecule has 1 heterocycles. The van der Waals surface area contributed by atoms with Crippen molar-refractivity contribution in [3.05, 3.63) is 12.2 Å². The number of nitrogens with zero attached hydrogens (tertiary/aromatic N) is 3. The van der Waals surface area contributed by atoms with E-state index in [1.54, 1.807) is 24.9 Å². The average molecular weight is 273 g/mol. The van der Waals surface area contributed by atoms with Crippen molar-refractivity contribution in [3.63, 3.8) is 0 Å². The molecule has 1 aromatic heterocycles. The van der Waals surface area contributed by atoms with Crippen molar-refractivity contribution in [2.75, 3.05) is 6.54 Å². The molecule has 0 aromatic carbocycles. The minimum atomic E-state index is -3.31. The predicted octanol–water partition coefficient (Wildman–Crippen LogP) is -0.625. The van der Waals surface area contributed by atoms with E-state index in [-0.39, 0.29) is 6.54 Å². The van der Waals surface area contributed by atoms with Crippen molar-refractivity contribution < 1.29 is 8.42 Å². The second-order valence-electron chi connectivity index (χ2n) is 4.72. The lowest BCUT2D eigenvalue weighted by Crippen LogP contribution is -2.39. The van der Waals surface area contributed by atoms with Gasteiger partial charge < -0.3 is 9.88 Å². The summed E-state index contributed by atoms with van der Waals surface area (Å²) < 4.78 is 28.2. The molecule has 1 unspecified atom stereocenters. The standard InChI is InChI=1S/C10H19N5O2S/c1-8(5-11-9-3-4-9)18(16,17)13-6-10-14-12-7-15(10)2/h7-9,11,13H,3-6H2,1-2H3. The molecule has 2 rings (SSSR count). The summed E-state index contributed by atoms with van der Waals surface area (Å²) in [6.07, 6.45) is 3.85. The Balaban J connectivity index is 1.83. The number of hydrogen-bond acceptors (Lipinski definition) is 5. The molecular formula is C10H19N5O2S. The summed E-state index contributed by atoms with van der Waals surface area (Å²) >= 11 is 0. The summed E-state index contributed by atoms with van der Waals surface area (Å²) in [5.74, 6) is 0.598. The number of aryl methyl sites for hydroxylation is 1. The van der Waals surface area contributed by atoms with Crippen LogP contribution in [0.5, 0.6) is 0 Å². The number of sulfonamides is 1. The van der Waals surface area contributed by atoms with Crippen LogP contribution >= 0.6 is 0 Å². The zero-order chi connectivity index (χ0) is 13.2. The lowest BCUT2D eigenvalue weighted by Gasteiger charge is -2.14. The van der Waals surface area contributed by atoms with Gasteiger partial charge in [-0.3, -0.25) is 0 Å². The first-order valence-corrected chi connectivity index (χ1v) is 7.58. The predicted molar refractivity (Wildman–Crippen MR) is 67.2 cm³/mol. The number of hydrogen-bond donors (Lipinski definition) is 2. The van der Waals surface area contributed by atoms with Crippen LogP contribution in [0.15, 0.2) is 6.33 Å². The van der Waals surface area contributed by atoms with E-state index in [0.29, 0.717) is 18.4 Å². The van der Waals surface area contributed by atoms with E-state index in [9.17, 15) is 8.42 Å². The van der Waals surface area contributed by atoms with Gasteiger partial charge in [0, 0.05) is 19.6 Å². The Morgan fingerprint density at radius 1 is 1.56 bits per heavy atom. The molecule has 1 atom stereocenters. The Labute approximate surface area is 107 Å². The molecule has 0 spiro atoms. The van der Waals surface area contributed by atoms with Crippen LogP contribution in [0.2, 0.25) is 0 Å². The van der Waals surface area contributed by atoms with Gasteiger partial charge in [-0.05, 0) is 19.8 Å². The summed E-state index contributed by atoms with van der Waals surface area (Å²) in [5, 5.41) is 10.3. The van der Waals surface area contributed by atoms with Crippen LogP contribution in [0.4, 0.5) is 0 Å². The molecule has 2 N–H and O–H groups in total. The first-order chi connectivity index (χ1) is 8.49. The second kappa shape index (κ2) is 5.33. The topological polar surface area (TPSA) is 88.9 Å². The summed E-state index contributed by atoms with van der Waals surface area (Å²) in [7, 11) is -1.54. The molecule has 18 heavy (non-hydrogen) atoms. The van der Waals surface area contributed by atoms with Crippen LogP contribution in [0.25, 0.3) is 0 Å². The van der Waals surface area contributed by atoms with E-state index in [2.05, 4.69) is 20.2 Å². The SMILES string of the molecule is CC(CNC1CC1)S(=O)(=O)NCc1nncn1C. The summed E-state index contributed by atoms with van der Waals surface area (Å²) in [5.41, 5.74) is 0. The highest BCUT2D eigenvalue weighted by atomic mass is 32.2. The van der Waals surface area contributed by atoms with Crippen molar-refractivity contribution in [1.29, 1.82) is 0 Å². The van der Waals surface area contributed by atoms with Gasteiger partial charge in [-0.2, -0.15) is 0 Å². The van der Waals surface area contributed by atoms with Crippen molar-refractivity contribution in [2.24, 2.45) is 7.05 Å². The highest BCUT2D eigenvalue weighted by molar-refractivity contribution is 7.90. The van der Waals surface area contributed by atoms with Gasteiger partial charge in [-0.25, -0.2) is 13.1 Å². The lowest BCUT2D eigenvalue weighted by molar-refractivity contribution is 0.553. The quantitative estimate of drug-likeness (QED) is 0.691. The van der Waals surface area contributed by atoms with Crippen molar-refractivity contribution >= 4 is 10.0 Å². The fourth-order valence-electron chi connectivity index (χ4n) is 1.50. The maximum atomic E-state index is 12.0. The summed E-state index contributed by atoms with van der Waals surface area (Å²) in [6.45, 7) is 2.36. The van der Waals surface area contributed by atoms with Crippen LogP contribution in [0, 0.1) is 0 Å². The molecule has 1 fully saturated rings. The molecule has 0 radical (unpaired) electrons. The lowest BCUT2D eigenvalue weighted by atomic mass is 10.4. The van der Waals surface area contributed by atoms with Crippen molar-refractivity contribution in [2.45, 2.75) is 37.6 Å². The molecule has 1 aromatic rings. The molecule has 1 aliphatic rings. The highest BCUT2D eigenvalue weighted by Gasteiger charge is 2.25. The van der Waals surface area contributed by atoms with Gasteiger partial charge in [0.15, 0.2) is 0 Å². The van der Waals surface area contributed by atoms with E-state index < -0.39 is 15.3 Å². The molecular weight excluding hydrogens is 254 g/mol. The molecule has 0 aliphatic heterocycles. The molecule has 102 valence electrons. The molecule has 1 aliphatic carbocycles. The van der Waals surface area contributed by atoms with E-state index in [4.69, 9.17) is 0 Å². The van der Waals surface area contributed by atoms with Gasteiger partial charge in [0.05, 0.1) is 11.8 Å². The Kier molecular flexibility index (Phi) is 3.98. The van der Waals surface area contributed by atoms with Gasteiger partial charge in [-0.15, -0.1) is 10.2 Å². The number of nitrogens with one attached hydrogen (secondary N) is 2. The fourth-order valence-corrected chi connectivity index (χ4v) is 2.43. The van der Waals surface area contributed by atoms with Crippen LogP contribution in [-0.2, 0) is 23.6 Å². The largest absolute Gasteiger partial charge is 0.320 e. The molecule has 0 amide bonds. The second-order valence-corrected chi connectivity index (χ2v) is 6.90. The van der Waals surface area contributed by atoms with Crippen LogP contribution in [0.1, 0.15) is 25.6 Å². The Bertz CT molecular complexity index is 494. The third kappa shape index (κ3) is 3.50. The third-order valence-electron chi connectivity index (χ3n) is 3.04. The fraction of sp³-hybridized carbons (Fsp3) is 0.800. The minimum absolute atomic E-state index is 0.173. The van der Waals surface area contributed by atoms with Crippen LogP contribution in [-0.4, -0.2) is 41.0 Å². The zero-order valence-corrected chi connectivity index (χ0v) is 11.4. The van der Waals surface area contributed by atoms with Gasteiger partial charge in [0.25, 0.3) is 0 Å². The first kappa shape index (κ1) is 13.4. The normalized spacial score (nSPS) is 17.9. The first-order valence-electron chi connectivity index (χ1n) is 6.04. The van der Waals surface area contributed by atoms with Crippen LogP contribution in [0.3, 0.4) is 0 Å². The summed E-state index contributed by atoms with van der Waals surface area (Å²) in [4.78, 5) is 0. The van der Waals surface area contributed by atoms with E-state index in [1.165, 1.54) is 0 Å². The Morgan fingerprint density at radius 2 is 2.28 bits per heavy atom. The Morgan fingerprint density at radius 3 is 2.83 bits per heavy atom. The van der Waals surface area contributed by atoms with E-state index in [0.717, 1.165) is 12.8 Å². The van der Waals surface area contributed by atoms with Gasteiger partial charge >= 0.3 is 0 Å². The number of aromatic nitrogens is 3. The zero-order valence-electron chi connectivity index (χ0n) is 10.6. The highest BCUT2D eigenvalue weighted by Crippen LogP contribution is 2.18. The third-order valence-corrected chi connectivity index (χ3v) is 4.81. The van der Waals surface area contributed by atoms with Gasteiger partial charge in [-0.1, -0.05) is 0 Å². The summed E-state index contributed by atoms with van der Waals surface area (Å²) in [6, 6.07) is 0.515. The van der Waals surface area contributed by atoms with Gasteiger partial charge in [0.1, 0.15) is 12.2 Å². The van der Waals surface area contributed by atoms with E-state index >= 15 is 0 Å². The molecule has 0 bridgehead atoms. The smallest absolute Gasteiger partial charge is 0.215 e. The van der Waals surface area contributed by atoms with Crippen molar-refractivity contribution in [1.82, 2.24) is 24.8 Å². The van der Waals surface area contributed by atoms with E-state index in [1.807, 2.05) is 0 Å². The monoisotopic (exact) mass is 273 g/mol. The molecule has 1 saturated carbocycles. The average Bonchev–Trinajstić information content (AvgIpc) is 3.06. The molecule has 7 nitrogen and oxygen atoms in total. The maximum Gasteiger partial charge on any atom is 0.215 e. The number of rotatable bonds is 7. The molecule has 0 saturated heterocycles. The van der Waals surface area contributed by atoms with Crippen molar-refractivity contribution in [3.8, 4) is 0 Å². The maximum absolute atomic E-state index is 12.0. The minimum Gasteiger partial charge on any atom is -0.320 e. The Hall–Kier alpha value is -0.990. The molecule has 8 heteroatoms. The van der Waals surface area contributed by atoms with Crippen LogP contribution < -0.4 is 10.0 Å².